The van der Waals surface area contributed by atoms with E-state index in [0.29, 0.717) is 40.4 Å². The zero-order chi connectivity index (χ0) is 19.4. The molecule has 0 aliphatic rings. The van der Waals surface area contributed by atoms with Gasteiger partial charge in [-0.3, -0.25) is 9.48 Å². The molecule has 0 saturated carbocycles. The number of amides is 1. The number of hydrogen-bond donors (Lipinski definition) is 1. The third-order valence-corrected chi connectivity index (χ3v) is 5.58. The van der Waals surface area contributed by atoms with Crippen molar-refractivity contribution in [3.05, 3.63) is 67.6 Å². The Bertz CT molecular complexity index is 952. The number of hydrogen-bond acceptors (Lipinski definition) is 4. The number of nitrogens with one attached hydrogen (secondary N) is 1. The van der Waals surface area contributed by atoms with Gasteiger partial charge in [-0.25, -0.2) is 0 Å². The normalized spacial score (nSPS) is 10.8. The molecule has 0 radical (unpaired) electrons. The Morgan fingerprint density at radius 1 is 1.30 bits per heavy atom. The van der Waals surface area contributed by atoms with Gasteiger partial charge in [-0.2, -0.15) is 5.10 Å². The summed E-state index contributed by atoms with van der Waals surface area (Å²) in [6.07, 6.45) is 1.59. The van der Waals surface area contributed by atoms with Crippen LogP contribution in [0.5, 0.6) is 5.75 Å². The van der Waals surface area contributed by atoms with Crippen LogP contribution >= 0.6 is 34.5 Å². The molecule has 0 unspecified atom stereocenters. The van der Waals surface area contributed by atoms with E-state index in [4.69, 9.17) is 27.9 Å². The maximum absolute atomic E-state index is 12.4. The first-order valence-corrected chi connectivity index (χ1v) is 10.1. The monoisotopic (exact) mass is 423 g/mol. The SMILES string of the molecule is CCn1ncc(Cl)c1CNC(=O)c1cc(COc2cc(C)ccc2Cl)cs1. The van der Waals surface area contributed by atoms with Gasteiger partial charge in [0, 0.05) is 12.1 Å². The average Bonchev–Trinajstić information content (AvgIpc) is 3.27. The molecule has 3 rings (SSSR count). The van der Waals surface area contributed by atoms with Crippen molar-refractivity contribution >= 4 is 40.4 Å². The van der Waals surface area contributed by atoms with Crippen LogP contribution in [0.4, 0.5) is 0 Å². The fourth-order valence-electron chi connectivity index (χ4n) is 2.54. The fourth-order valence-corrected chi connectivity index (χ4v) is 3.73. The molecule has 3 aromatic rings. The van der Waals surface area contributed by atoms with Crippen LogP contribution in [0.2, 0.25) is 10.0 Å². The second-order valence-corrected chi connectivity index (χ2v) is 7.71. The van der Waals surface area contributed by atoms with Gasteiger partial charge in [-0.15, -0.1) is 11.3 Å². The standard InChI is InChI=1S/C19H19Cl2N3O2S/c1-3-24-16(15(21)8-23-24)9-22-19(25)18-7-13(11-27-18)10-26-17-6-12(2)4-5-14(17)20/h4-8,11H,3,9-10H2,1-2H3,(H,22,25). The first kappa shape index (κ1) is 19.7. The molecule has 0 aliphatic heterocycles. The molecular formula is C19H19Cl2N3O2S. The van der Waals surface area contributed by atoms with Gasteiger partial charge in [0.25, 0.3) is 5.91 Å². The highest BCUT2D eigenvalue weighted by atomic mass is 35.5. The molecule has 0 saturated heterocycles. The molecule has 0 spiro atoms. The summed E-state index contributed by atoms with van der Waals surface area (Å²) in [5.74, 6) is 0.482. The number of rotatable bonds is 7. The van der Waals surface area contributed by atoms with E-state index in [1.807, 2.05) is 43.5 Å². The van der Waals surface area contributed by atoms with E-state index >= 15 is 0 Å². The van der Waals surface area contributed by atoms with Crippen LogP contribution < -0.4 is 10.1 Å². The van der Waals surface area contributed by atoms with Gasteiger partial charge in [0.1, 0.15) is 12.4 Å². The third kappa shape index (κ3) is 4.83. The predicted molar refractivity (Wildman–Crippen MR) is 109 cm³/mol. The van der Waals surface area contributed by atoms with Crippen LogP contribution in [0, 0.1) is 6.92 Å². The molecule has 1 aromatic carbocycles. The Morgan fingerprint density at radius 2 is 2.11 bits per heavy atom. The van der Waals surface area contributed by atoms with Crippen LogP contribution in [0.25, 0.3) is 0 Å². The summed E-state index contributed by atoms with van der Waals surface area (Å²) < 4.78 is 7.54. The molecule has 27 heavy (non-hydrogen) atoms. The minimum Gasteiger partial charge on any atom is -0.487 e. The van der Waals surface area contributed by atoms with Crippen LogP contribution in [0.1, 0.15) is 33.4 Å². The molecule has 0 aliphatic carbocycles. The number of aryl methyl sites for hydroxylation is 2. The van der Waals surface area contributed by atoms with Gasteiger partial charge in [0.15, 0.2) is 0 Å². The van der Waals surface area contributed by atoms with E-state index in [2.05, 4.69) is 10.4 Å². The van der Waals surface area contributed by atoms with Gasteiger partial charge >= 0.3 is 0 Å². The summed E-state index contributed by atoms with van der Waals surface area (Å²) in [5.41, 5.74) is 2.78. The van der Waals surface area contributed by atoms with E-state index in [9.17, 15) is 4.79 Å². The van der Waals surface area contributed by atoms with Gasteiger partial charge in [-0.05, 0) is 43.0 Å². The molecule has 142 valence electrons. The Morgan fingerprint density at radius 3 is 2.89 bits per heavy atom. The number of carbonyl (C=O) groups is 1. The van der Waals surface area contributed by atoms with Crippen molar-refractivity contribution in [1.82, 2.24) is 15.1 Å². The molecule has 0 bridgehead atoms. The zero-order valence-electron chi connectivity index (χ0n) is 15.0. The van der Waals surface area contributed by atoms with Crippen molar-refractivity contribution in [2.24, 2.45) is 0 Å². The second kappa shape index (κ2) is 8.78. The summed E-state index contributed by atoms with van der Waals surface area (Å²) in [7, 11) is 0. The lowest BCUT2D eigenvalue weighted by Gasteiger charge is -2.08. The Balaban J connectivity index is 1.59. The average molecular weight is 424 g/mol. The predicted octanol–water partition coefficient (Wildman–Crippen LogP) is 5.09. The quantitative estimate of drug-likeness (QED) is 0.575. The third-order valence-electron chi connectivity index (χ3n) is 3.97. The highest BCUT2D eigenvalue weighted by Gasteiger charge is 2.13. The molecule has 8 heteroatoms. The highest BCUT2D eigenvalue weighted by Crippen LogP contribution is 2.27. The number of benzene rings is 1. The number of halogens is 2. The maximum atomic E-state index is 12.4. The minimum absolute atomic E-state index is 0.153. The number of ether oxygens (including phenoxy) is 1. The Labute approximate surface area is 171 Å². The maximum Gasteiger partial charge on any atom is 0.261 e. The van der Waals surface area contributed by atoms with E-state index < -0.39 is 0 Å². The van der Waals surface area contributed by atoms with E-state index in [0.717, 1.165) is 16.8 Å². The van der Waals surface area contributed by atoms with Crippen molar-refractivity contribution in [3.8, 4) is 5.75 Å². The topological polar surface area (TPSA) is 56.2 Å². The summed E-state index contributed by atoms with van der Waals surface area (Å²) in [6, 6.07) is 7.45. The van der Waals surface area contributed by atoms with Crippen molar-refractivity contribution in [2.75, 3.05) is 0 Å². The summed E-state index contributed by atoms with van der Waals surface area (Å²) in [6.45, 7) is 5.32. The van der Waals surface area contributed by atoms with Gasteiger partial charge in [0.05, 0.1) is 33.4 Å². The summed E-state index contributed by atoms with van der Waals surface area (Å²) in [4.78, 5) is 13.0. The van der Waals surface area contributed by atoms with Crippen molar-refractivity contribution < 1.29 is 9.53 Å². The van der Waals surface area contributed by atoms with Crippen LogP contribution in [-0.2, 0) is 19.7 Å². The largest absolute Gasteiger partial charge is 0.487 e. The zero-order valence-corrected chi connectivity index (χ0v) is 17.3. The van der Waals surface area contributed by atoms with Crippen molar-refractivity contribution in [3.63, 3.8) is 0 Å². The molecule has 1 N–H and O–H groups in total. The van der Waals surface area contributed by atoms with E-state index in [1.54, 1.807) is 10.9 Å². The Kier molecular flexibility index (Phi) is 6.42. The minimum atomic E-state index is -0.153. The van der Waals surface area contributed by atoms with Crippen LogP contribution in [-0.4, -0.2) is 15.7 Å². The smallest absolute Gasteiger partial charge is 0.261 e. The van der Waals surface area contributed by atoms with E-state index in [-0.39, 0.29) is 5.91 Å². The second-order valence-electron chi connectivity index (χ2n) is 5.98. The molecule has 0 fully saturated rings. The fraction of sp³-hybridized carbons (Fsp3) is 0.263. The molecule has 5 nitrogen and oxygen atoms in total. The summed E-state index contributed by atoms with van der Waals surface area (Å²) >= 11 is 13.6. The lowest BCUT2D eigenvalue weighted by molar-refractivity contribution is 0.0954. The lowest BCUT2D eigenvalue weighted by Crippen LogP contribution is -2.23. The van der Waals surface area contributed by atoms with Crippen molar-refractivity contribution in [1.29, 1.82) is 0 Å². The number of thiophene rings is 1. The molecule has 2 aromatic heterocycles. The highest BCUT2D eigenvalue weighted by molar-refractivity contribution is 7.12. The number of nitrogens with zero attached hydrogens (tertiary/aromatic N) is 2. The first-order valence-electron chi connectivity index (χ1n) is 8.42. The van der Waals surface area contributed by atoms with Gasteiger partial charge in [-0.1, -0.05) is 29.3 Å². The number of carbonyl (C=O) groups excluding carboxylic acids is 1. The lowest BCUT2D eigenvalue weighted by atomic mass is 10.2. The van der Waals surface area contributed by atoms with Crippen molar-refractivity contribution in [2.45, 2.75) is 33.5 Å². The molecular weight excluding hydrogens is 405 g/mol. The van der Waals surface area contributed by atoms with Gasteiger partial charge < -0.3 is 10.1 Å². The van der Waals surface area contributed by atoms with Crippen LogP contribution in [0.3, 0.4) is 0 Å². The summed E-state index contributed by atoms with van der Waals surface area (Å²) in [5, 5.41) is 10.1. The molecule has 0 atom stereocenters. The van der Waals surface area contributed by atoms with E-state index in [1.165, 1.54) is 11.3 Å². The molecule has 1 amide bonds. The van der Waals surface area contributed by atoms with Gasteiger partial charge in [0.2, 0.25) is 0 Å². The Hall–Kier alpha value is -2.02. The molecule has 2 heterocycles. The van der Waals surface area contributed by atoms with Crippen LogP contribution in [0.15, 0.2) is 35.8 Å². The number of aromatic nitrogens is 2. The first-order chi connectivity index (χ1) is 13.0.